The van der Waals surface area contributed by atoms with Crippen molar-refractivity contribution in [1.29, 1.82) is 5.26 Å². The molecular formula is C21H21N3O7S. The van der Waals surface area contributed by atoms with E-state index >= 15 is 0 Å². The van der Waals surface area contributed by atoms with E-state index in [-0.39, 0.29) is 23.7 Å². The molecule has 0 radical (unpaired) electrons. The van der Waals surface area contributed by atoms with Gasteiger partial charge in [-0.2, -0.15) is 5.26 Å². The highest BCUT2D eigenvalue weighted by Gasteiger charge is 2.50. The first kappa shape index (κ1) is 22.0. The van der Waals surface area contributed by atoms with Crippen molar-refractivity contribution in [3.05, 3.63) is 54.1 Å². The van der Waals surface area contributed by atoms with E-state index in [0.717, 1.165) is 0 Å². The van der Waals surface area contributed by atoms with E-state index in [4.69, 9.17) is 18.9 Å². The fourth-order valence-electron chi connectivity index (χ4n) is 3.68. The molecule has 0 aromatic heterocycles. The molecule has 168 valence electrons. The molecule has 2 heterocycles. The van der Waals surface area contributed by atoms with E-state index in [0.29, 0.717) is 11.4 Å². The molecule has 0 spiro atoms. The lowest BCUT2D eigenvalue weighted by atomic mass is 10.1. The van der Waals surface area contributed by atoms with Crippen molar-refractivity contribution in [2.45, 2.75) is 29.2 Å². The lowest BCUT2D eigenvalue weighted by Gasteiger charge is -2.18. The number of nitriles is 1. The number of nitrogens with zero attached hydrogens (tertiary/aromatic N) is 1. The smallest absolute Gasteiger partial charge is 0.412 e. The first-order valence-corrected chi connectivity index (χ1v) is 11.3. The normalized spacial score (nSPS) is 24.4. The lowest BCUT2D eigenvalue weighted by molar-refractivity contribution is 0.00883. The van der Waals surface area contributed by atoms with Crippen LogP contribution in [0.25, 0.3) is 0 Å². The maximum Gasteiger partial charge on any atom is 0.412 e. The Kier molecular flexibility index (Phi) is 6.29. The molecule has 1 amide bonds. The highest BCUT2D eigenvalue weighted by atomic mass is 32.2. The molecule has 0 bridgehead atoms. The minimum atomic E-state index is -3.97. The van der Waals surface area contributed by atoms with Crippen LogP contribution in [0.1, 0.15) is 5.56 Å². The van der Waals surface area contributed by atoms with Crippen LogP contribution in [0.4, 0.5) is 10.5 Å². The SMILES string of the molecule is COc1ccc(NC(=O)OC2COC3C(NS(=O)(=O)c4ccccc4C#N)COC23)cc1. The summed E-state index contributed by atoms with van der Waals surface area (Å²) in [5.74, 6) is 0.654. The van der Waals surface area contributed by atoms with Crippen LogP contribution in [0, 0.1) is 11.3 Å². The van der Waals surface area contributed by atoms with Crippen molar-refractivity contribution < 1.29 is 32.2 Å². The van der Waals surface area contributed by atoms with Gasteiger partial charge < -0.3 is 18.9 Å². The van der Waals surface area contributed by atoms with Crippen LogP contribution in [0.2, 0.25) is 0 Å². The standard InChI is InChI=1S/C21H21N3O7S/c1-28-15-8-6-14(7-9-15)23-21(25)31-17-12-30-19-16(11-29-20(17)19)24-32(26,27)18-5-3-2-4-13(18)10-22/h2-9,16-17,19-20,24H,11-12H2,1H3,(H,23,25). The number of carbonyl (C=O) groups excluding carboxylic acids is 1. The fraction of sp³-hybridized carbons (Fsp3) is 0.333. The lowest BCUT2D eigenvalue weighted by Crippen LogP contribution is -2.44. The number of amides is 1. The summed E-state index contributed by atoms with van der Waals surface area (Å²) in [7, 11) is -2.43. The predicted molar refractivity (Wildman–Crippen MR) is 112 cm³/mol. The van der Waals surface area contributed by atoms with E-state index in [1.54, 1.807) is 43.5 Å². The minimum Gasteiger partial charge on any atom is -0.497 e. The summed E-state index contributed by atoms with van der Waals surface area (Å²) < 4.78 is 50.0. The highest BCUT2D eigenvalue weighted by Crippen LogP contribution is 2.30. The Balaban J connectivity index is 1.37. The highest BCUT2D eigenvalue weighted by molar-refractivity contribution is 7.89. The van der Waals surface area contributed by atoms with Crippen LogP contribution < -0.4 is 14.8 Å². The molecule has 11 heteroatoms. The number of carbonyl (C=O) groups is 1. The van der Waals surface area contributed by atoms with Gasteiger partial charge >= 0.3 is 6.09 Å². The number of methoxy groups -OCH3 is 1. The van der Waals surface area contributed by atoms with Gasteiger partial charge in [-0.3, -0.25) is 5.32 Å². The number of ether oxygens (including phenoxy) is 4. The Bertz CT molecular complexity index is 1130. The third-order valence-corrected chi connectivity index (χ3v) is 6.75. The maximum absolute atomic E-state index is 12.8. The summed E-state index contributed by atoms with van der Waals surface area (Å²) in [5, 5.41) is 11.8. The van der Waals surface area contributed by atoms with Gasteiger partial charge in [-0.15, -0.1) is 0 Å². The summed E-state index contributed by atoms with van der Waals surface area (Å²) in [6, 6.07) is 13.9. The summed E-state index contributed by atoms with van der Waals surface area (Å²) in [6.45, 7) is 0.113. The Morgan fingerprint density at radius 3 is 2.53 bits per heavy atom. The monoisotopic (exact) mass is 459 g/mol. The third-order valence-electron chi connectivity index (χ3n) is 5.21. The van der Waals surface area contributed by atoms with Crippen molar-refractivity contribution in [1.82, 2.24) is 4.72 Å². The summed E-state index contributed by atoms with van der Waals surface area (Å²) >= 11 is 0. The molecule has 2 fully saturated rings. The van der Waals surface area contributed by atoms with Gasteiger partial charge in [0, 0.05) is 5.69 Å². The van der Waals surface area contributed by atoms with Gasteiger partial charge in [0.1, 0.15) is 24.0 Å². The van der Waals surface area contributed by atoms with Crippen molar-refractivity contribution in [2.75, 3.05) is 25.6 Å². The molecule has 2 aliphatic rings. The predicted octanol–water partition coefficient (Wildman–Crippen LogP) is 1.63. The molecule has 2 aromatic carbocycles. The Morgan fingerprint density at radius 1 is 1.09 bits per heavy atom. The molecule has 2 aliphatic heterocycles. The van der Waals surface area contributed by atoms with Crippen LogP contribution in [-0.2, 0) is 24.2 Å². The van der Waals surface area contributed by atoms with Crippen LogP contribution in [0.3, 0.4) is 0 Å². The summed E-state index contributed by atoms with van der Waals surface area (Å²) in [4.78, 5) is 12.1. The van der Waals surface area contributed by atoms with Crippen molar-refractivity contribution in [3.63, 3.8) is 0 Å². The Morgan fingerprint density at radius 2 is 1.81 bits per heavy atom. The average Bonchev–Trinajstić information content (AvgIpc) is 3.37. The third kappa shape index (κ3) is 4.53. The van der Waals surface area contributed by atoms with E-state index in [1.807, 2.05) is 6.07 Å². The van der Waals surface area contributed by atoms with E-state index in [9.17, 15) is 18.5 Å². The van der Waals surface area contributed by atoms with Crippen LogP contribution >= 0.6 is 0 Å². The quantitative estimate of drug-likeness (QED) is 0.665. The second-order valence-corrected chi connectivity index (χ2v) is 8.91. The van der Waals surface area contributed by atoms with Gasteiger partial charge in [-0.1, -0.05) is 12.1 Å². The average molecular weight is 459 g/mol. The van der Waals surface area contributed by atoms with E-state index in [2.05, 4.69) is 10.0 Å². The van der Waals surface area contributed by atoms with Gasteiger partial charge in [0.05, 0.1) is 36.8 Å². The van der Waals surface area contributed by atoms with E-state index in [1.165, 1.54) is 12.1 Å². The molecule has 4 atom stereocenters. The second-order valence-electron chi connectivity index (χ2n) is 7.23. The zero-order valence-corrected chi connectivity index (χ0v) is 17.9. The zero-order valence-electron chi connectivity index (χ0n) is 17.1. The number of nitrogens with one attached hydrogen (secondary N) is 2. The van der Waals surface area contributed by atoms with Crippen LogP contribution in [0.15, 0.2) is 53.4 Å². The van der Waals surface area contributed by atoms with E-state index < -0.39 is 40.5 Å². The number of hydrogen-bond donors (Lipinski definition) is 2. The van der Waals surface area contributed by atoms with Crippen molar-refractivity contribution in [2.24, 2.45) is 0 Å². The summed E-state index contributed by atoms with van der Waals surface area (Å²) in [5.41, 5.74) is 0.569. The number of sulfonamides is 1. The number of fused-ring (bicyclic) bond motifs is 1. The first-order chi connectivity index (χ1) is 15.4. The van der Waals surface area contributed by atoms with Gasteiger partial charge in [-0.05, 0) is 36.4 Å². The maximum atomic E-state index is 12.8. The van der Waals surface area contributed by atoms with Gasteiger partial charge in [-0.25, -0.2) is 17.9 Å². The molecule has 4 unspecified atom stereocenters. The molecule has 4 rings (SSSR count). The minimum absolute atomic E-state index is 0.0409. The number of benzene rings is 2. The number of rotatable bonds is 6. The second kappa shape index (κ2) is 9.13. The van der Waals surface area contributed by atoms with Crippen LogP contribution in [0.5, 0.6) is 5.75 Å². The van der Waals surface area contributed by atoms with Gasteiger partial charge in [0.25, 0.3) is 0 Å². The fourth-order valence-corrected chi connectivity index (χ4v) is 5.07. The van der Waals surface area contributed by atoms with Gasteiger partial charge in [0.2, 0.25) is 10.0 Å². The molecule has 0 saturated carbocycles. The van der Waals surface area contributed by atoms with Crippen molar-refractivity contribution in [3.8, 4) is 11.8 Å². The molecule has 2 aromatic rings. The van der Waals surface area contributed by atoms with Crippen molar-refractivity contribution >= 4 is 21.8 Å². The molecule has 0 aliphatic carbocycles. The molecule has 10 nitrogen and oxygen atoms in total. The Hall–Kier alpha value is -3.17. The largest absolute Gasteiger partial charge is 0.497 e. The topological polar surface area (TPSA) is 136 Å². The molecule has 2 saturated heterocycles. The number of anilines is 1. The Labute approximate surface area is 185 Å². The zero-order chi connectivity index (χ0) is 22.7. The molecular weight excluding hydrogens is 438 g/mol. The van der Waals surface area contributed by atoms with Crippen LogP contribution in [-0.4, -0.2) is 59.2 Å². The van der Waals surface area contributed by atoms with Gasteiger partial charge in [0.15, 0.2) is 6.10 Å². The first-order valence-electron chi connectivity index (χ1n) is 9.77. The molecule has 32 heavy (non-hydrogen) atoms. The number of hydrogen-bond acceptors (Lipinski definition) is 8. The summed E-state index contributed by atoms with van der Waals surface area (Å²) in [6.07, 6.45) is -2.62. The molecule has 2 N–H and O–H groups in total.